The van der Waals surface area contributed by atoms with Gasteiger partial charge in [0, 0.05) is 19.0 Å². The lowest BCUT2D eigenvalue weighted by Gasteiger charge is -2.05. The lowest BCUT2D eigenvalue weighted by atomic mass is 10.2. The van der Waals surface area contributed by atoms with E-state index in [0.717, 1.165) is 0 Å². The molecule has 0 bridgehead atoms. The number of nitrogens with two attached hydrogens (primary N) is 2. The number of carbonyl (C=O) groups is 1. The molecule has 0 fully saturated rings. The number of hydrogen-bond donors (Lipinski definition) is 2. The van der Waals surface area contributed by atoms with E-state index in [4.69, 9.17) is 11.5 Å². The molecule has 1 unspecified atom stereocenters. The minimum Gasteiger partial charge on any atom is -0.469 e. The Bertz CT molecular complexity index is 106. The minimum absolute atomic E-state index is 0.0842. The molecule has 0 saturated heterocycles. The summed E-state index contributed by atoms with van der Waals surface area (Å²) in [5, 5.41) is 0. The fraction of sp³-hybridized carbons (Fsp3) is 0.833. The Kier molecular flexibility index (Phi) is 4.88. The molecule has 0 amide bonds. The van der Waals surface area contributed by atoms with Crippen LogP contribution in [-0.2, 0) is 9.53 Å². The molecule has 0 rings (SSSR count). The number of carbonyl (C=O) groups excluding carboxylic acids is 1. The van der Waals surface area contributed by atoms with Crippen LogP contribution in [0.5, 0.6) is 0 Å². The molecule has 0 spiro atoms. The molecule has 4 nitrogen and oxygen atoms in total. The Labute approximate surface area is 60.5 Å². The second-order valence-corrected chi connectivity index (χ2v) is 2.11. The van der Waals surface area contributed by atoms with Gasteiger partial charge >= 0.3 is 5.97 Å². The highest BCUT2D eigenvalue weighted by molar-refractivity contribution is 5.69. The van der Waals surface area contributed by atoms with Crippen LogP contribution in [0, 0.1) is 0 Å². The second kappa shape index (κ2) is 5.20. The average Bonchev–Trinajstić information content (AvgIpc) is 1.99. The number of methoxy groups -OCH3 is 1. The van der Waals surface area contributed by atoms with E-state index in [0.29, 0.717) is 19.4 Å². The molecular formula is C6H14N2O2. The highest BCUT2D eigenvalue weighted by atomic mass is 16.5. The van der Waals surface area contributed by atoms with Gasteiger partial charge in [-0.05, 0) is 6.42 Å². The summed E-state index contributed by atoms with van der Waals surface area (Å²) in [5.41, 5.74) is 10.7. The summed E-state index contributed by atoms with van der Waals surface area (Å²) in [7, 11) is 1.36. The second-order valence-electron chi connectivity index (χ2n) is 2.11. The molecule has 0 aromatic carbocycles. The van der Waals surface area contributed by atoms with Crippen molar-refractivity contribution >= 4 is 5.97 Å². The van der Waals surface area contributed by atoms with Crippen LogP contribution in [0.15, 0.2) is 0 Å². The molecule has 0 saturated carbocycles. The summed E-state index contributed by atoms with van der Waals surface area (Å²) >= 11 is 0. The maximum atomic E-state index is 10.5. The van der Waals surface area contributed by atoms with Gasteiger partial charge in [-0.15, -0.1) is 0 Å². The van der Waals surface area contributed by atoms with Gasteiger partial charge < -0.3 is 16.2 Å². The molecule has 0 aromatic rings. The smallest absolute Gasteiger partial charge is 0.305 e. The Balaban J connectivity index is 3.26. The van der Waals surface area contributed by atoms with Gasteiger partial charge in [0.2, 0.25) is 0 Å². The first kappa shape index (κ1) is 9.39. The van der Waals surface area contributed by atoms with E-state index in [1.54, 1.807) is 0 Å². The number of hydrogen-bond acceptors (Lipinski definition) is 4. The van der Waals surface area contributed by atoms with Crippen LogP contribution < -0.4 is 11.5 Å². The fourth-order valence-electron chi connectivity index (χ4n) is 0.523. The lowest BCUT2D eigenvalue weighted by Crippen LogP contribution is -2.30. The summed E-state index contributed by atoms with van der Waals surface area (Å²) in [5.74, 6) is -0.232. The van der Waals surface area contributed by atoms with Crippen molar-refractivity contribution in [2.75, 3.05) is 13.7 Å². The zero-order valence-corrected chi connectivity index (χ0v) is 6.17. The van der Waals surface area contributed by atoms with E-state index in [-0.39, 0.29) is 12.0 Å². The van der Waals surface area contributed by atoms with Crippen molar-refractivity contribution in [1.29, 1.82) is 0 Å². The van der Waals surface area contributed by atoms with E-state index in [9.17, 15) is 4.79 Å². The lowest BCUT2D eigenvalue weighted by molar-refractivity contribution is -0.140. The largest absolute Gasteiger partial charge is 0.469 e. The first-order valence-electron chi connectivity index (χ1n) is 3.23. The van der Waals surface area contributed by atoms with Gasteiger partial charge in [0.15, 0.2) is 0 Å². The zero-order valence-electron chi connectivity index (χ0n) is 6.17. The maximum Gasteiger partial charge on any atom is 0.305 e. The van der Waals surface area contributed by atoms with Crippen molar-refractivity contribution < 1.29 is 9.53 Å². The zero-order chi connectivity index (χ0) is 7.98. The van der Waals surface area contributed by atoms with E-state index in [2.05, 4.69) is 4.74 Å². The molecule has 60 valence electrons. The monoisotopic (exact) mass is 146 g/mol. The quantitative estimate of drug-likeness (QED) is 0.510. The molecule has 10 heavy (non-hydrogen) atoms. The first-order chi connectivity index (χ1) is 4.70. The van der Waals surface area contributed by atoms with Crippen molar-refractivity contribution in [3.63, 3.8) is 0 Å². The predicted octanol–water partition coefficient (Wildman–Crippen LogP) is -0.774. The van der Waals surface area contributed by atoms with Crippen LogP contribution in [0.1, 0.15) is 12.8 Å². The molecule has 0 radical (unpaired) electrons. The van der Waals surface area contributed by atoms with Crippen molar-refractivity contribution in [3.05, 3.63) is 0 Å². The highest BCUT2D eigenvalue weighted by Crippen LogP contribution is 1.93. The van der Waals surface area contributed by atoms with Gasteiger partial charge in [-0.1, -0.05) is 0 Å². The summed E-state index contributed by atoms with van der Waals surface area (Å²) in [6.45, 7) is 0.414. The average molecular weight is 146 g/mol. The van der Waals surface area contributed by atoms with Crippen molar-refractivity contribution in [3.8, 4) is 0 Å². The standard InChI is InChI=1S/C6H14N2O2/c1-10-6(9)3-2-5(8)4-7/h5H,2-4,7-8H2,1H3. The minimum atomic E-state index is -0.232. The van der Waals surface area contributed by atoms with Gasteiger partial charge in [0.25, 0.3) is 0 Å². The number of ether oxygens (including phenoxy) is 1. The Morgan fingerprint density at radius 3 is 2.70 bits per heavy atom. The van der Waals surface area contributed by atoms with E-state index in [1.165, 1.54) is 7.11 Å². The SMILES string of the molecule is COC(=O)CCC(N)CN. The molecule has 0 heterocycles. The summed E-state index contributed by atoms with van der Waals surface area (Å²) in [4.78, 5) is 10.5. The molecule has 4 heteroatoms. The van der Waals surface area contributed by atoms with E-state index in [1.807, 2.05) is 0 Å². The fourth-order valence-corrected chi connectivity index (χ4v) is 0.523. The molecule has 0 aliphatic carbocycles. The number of esters is 1. The molecule has 0 aliphatic rings. The molecular weight excluding hydrogens is 132 g/mol. The van der Waals surface area contributed by atoms with Gasteiger partial charge in [-0.2, -0.15) is 0 Å². The topological polar surface area (TPSA) is 78.3 Å². The highest BCUT2D eigenvalue weighted by Gasteiger charge is 2.03. The van der Waals surface area contributed by atoms with E-state index >= 15 is 0 Å². The van der Waals surface area contributed by atoms with Gasteiger partial charge in [-0.3, -0.25) is 4.79 Å². The van der Waals surface area contributed by atoms with E-state index < -0.39 is 0 Å². The van der Waals surface area contributed by atoms with Crippen LogP contribution in [-0.4, -0.2) is 25.7 Å². The molecule has 1 atom stereocenters. The van der Waals surface area contributed by atoms with Crippen molar-refractivity contribution in [2.45, 2.75) is 18.9 Å². The Morgan fingerprint density at radius 1 is 1.70 bits per heavy atom. The summed E-state index contributed by atoms with van der Waals surface area (Å²) < 4.78 is 4.41. The summed E-state index contributed by atoms with van der Waals surface area (Å²) in [6.07, 6.45) is 0.956. The number of rotatable bonds is 4. The van der Waals surface area contributed by atoms with Crippen LogP contribution in [0.2, 0.25) is 0 Å². The molecule has 4 N–H and O–H groups in total. The maximum absolute atomic E-state index is 10.5. The van der Waals surface area contributed by atoms with Gasteiger partial charge in [-0.25, -0.2) is 0 Å². The third kappa shape index (κ3) is 4.29. The van der Waals surface area contributed by atoms with Crippen molar-refractivity contribution in [2.24, 2.45) is 11.5 Å². The molecule has 0 aromatic heterocycles. The first-order valence-corrected chi connectivity index (χ1v) is 3.23. The van der Waals surface area contributed by atoms with Gasteiger partial charge in [0.05, 0.1) is 7.11 Å². The summed E-state index contributed by atoms with van der Waals surface area (Å²) in [6, 6.07) is -0.0842. The normalized spacial score (nSPS) is 12.7. The van der Waals surface area contributed by atoms with Crippen LogP contribution in [0.4, 0.5) is 0 Å². The van der Waals surface area contributed by atoms with Gasteiger partial charge in [0.1, 0.15) is 0 Å². The predicted molar refractivity (Wildman–Crippen MR) is 38.3 cm³/mol. The Morgan fingerprint density at radius 2 is 2.30 bits per heavy atom. The molecule has 0 aliphatic heterocycles. The van der Waals surface area contributed by atoms with Crippen LogP contribution in [0.25, 0.3) is 0 Å². The van der Waals surface area contributed by atoms with Crippen LogP contribution >= 0.6 is 0 Å². The third-order valence-corrected chi connectivity index (χ3v) is 1.25. The van der Waals surface area contributed by atoms with Crippen molar-refractivity contribution in [1.82, 2.24) is 0 Å². The van der Waals surface area contributed by atoms with Crippen LogP contribution in [0.3, 0.4) is 0 Å². The third-order valence-electron chi connectivity index (χ3n) is 1.25. The Hall–Kier alpha value is -0.610.